The SMILES string of the molecule is CC[C@@]12CN(c3cnccn3)[C@@H]([C@H](n3cc(C)c(=O)[nH]c3=O)O1)[C@@H]2C. The Balaban J connectivity index is 1.82. The van der Waals surface area contributed by atoms with Gasteiger partial charge in [-0.05, 0) is 13.3 Å². The van der Waals surface area contributed by atoms with Crippen LogP contribution >= 0.6 is 0 Å². The molecule has 2 saturated heterocycles. The summed E-state index contributed by atoms with van der Waals surface area (Å²) in [7, 11) is 0. The van der Waals surface area contributed by atoms with Crippen molar-refractivity contribution in [2.24, 2.45) is 5.92 Å². The molecule has 2 fully saturated rings. The van der Waals surface area contributed by atoms with Crippen LogP contribution in [-0.4, -0.2) is 37.7 Å². The molecular weight excluding hydrogens is 322 g/mol. The minimum atomic E-state index is -0.478. The molecule has 2 aromatic heterocycles. The number of hydrogen-bond donors (Lipinski definition) is 1. The van der Waals surface area contributed by atoms with Crippen LogP contribution in [0.3, 0.4) is 0 Å². The van der Waals surface area contributed by atoms with Crippen molar-refractivity contribution in [3.63, 3.8) is 0 Å². The molecule has 8 heteroatoms. The van der Waals surface area contributed by atoms with Gasteiger partial charge >= 0.3 is 5.69 Å². The van der Waals surface area contributed by atoms with Gasteiger partial charge in [0.25, 0.3) is 5.56 Å². The monoisotopic (exact) mass is 343 g/mol. The van der Waals surface area contributed by atoms with Crippen molar-refractivity contribution in [1.29, 1.82) is 0 Å². The minimum absolute atomic E-state index is 0.0559. The third-order valence-electron chi connectivity index (χ3n) is 5.65. The fourth-order valence-corrected chi connectivity index (χ4v) is 4.16. The number of rotatable bonds is 3. The van der Waals surface area contributed by atoms with E-state index in [1.807, 2.05) is 0 Å². The van der Waals surface area contributed by atoms with Crippen LogP contribution in [0.5, 0.6) is 0 Å². The Morgan fingerprint density at radius 2 is 2.20 bits per heavy atom. The number of aryl methyl sites for hydroxylation is 1. The number of anilines is 1. The molecule has 0 aromatic carbocycles. The molecule has 0 aliphatic carbocycles. The lowest BCUT2D eigenvalue weighted by Crippen LogP contribution is -2.48. The van der Waals surface area contributed by atoms with Crippen molar-refractivity contribution < 1.29 is 4.74 Å². The van der Waals surface area contributed by atoms with E-state index in [9.17, 15) is 9.59 Å². The summed E-state index contributed by atoms with van der Waals surface area (Å²) >= 11 is 0. The number of nitrogens with zero attached hydrogens (tertiary/aromatic N) is 4. The molecule has 0 unspecified atom stereocenters. The number of hydrogen-bond acceptors (Lipinski definition) is 6. The van der Waals surface area contributed by atoms with Crippen LogP contribution in [0.15, 0.2) is 34.4 Å². The van der Waals surface area contributed by atoms with Crippen LogP contribution in [0.25, 0.3) is 0 Å². The number of H-pyrrole nitrogens is 1. The Bertz CT molecular complexity index is 908. The molecule has 25 heavy (non-hydrogen) atoms. The molecule has 0 radical (unpaired) electrons. The van der Waals surface area contributed by atoms with Gasteiger partial charge in [-0.1, -0.05) is 13.8 Å². The van der Waals surface area contributed by atoms with E-state index >= 15 is 0 Å². The zero-order valence-corrected chi connectivity index (χ0v) is 14.5. The highest BCUT2D eigenvalue weighted by atomic mass is 16.5. The molecule has 4 atom stereocenters. The van der Waals surface area contributed by atoms with E-state index in [1.54, 1.807) is 31.7 Å². The molecule has 2 aromatic rings. The third-order valence-corrected chi connectivity index (χ3v) is 5.65. The van der Waals surface area contributed by atoms with Gasteiger partial charge in [0.2, 0.25) is 0 Å². The van der Waals surface area contributed by atoms with Gasteiger partial charge in [0.15, 0.2) is 6.23 Å². The van der Waals surface area contributed by atoms with E-state index < -0.39 is 11.9 Å². The number of ether oxygens (including phenoxy) is 1. The van der Waals surface area contributed by atoms with Gasteiger partial charge in [0.05, 0.1) is 17.8 Å². The van der Waals surface area contributed by atoms with Crippen molar-refractivity contribution in [2.75, 3.05) is 11.4 Å². The molecule has 2 aliphatic heterocycles. The van der Waals surface area contributed by atoms with Crippen molar-refractivity contribution in [3.05, 3.63) is 51.2 Å². The van der Waals surface area contributed by atoms with Gasteiger partial charge in [0.1, 0.15) is 5.82 Å². The number of aromatic amines is 1. The molecule has 2 bridgehead atoms. The topological polar surface area (TPSA) is 93.1 Å². The predicted molar refractivity (Wildman–Crippen MR) is 91.5 cm³/mol. The van der Waals surface area contributed by atoms with Crippen LogP contribution in [0.2, 0.25) is 0 Å². The van der Waals surface area contributed by atoms with Crippen LogP contribution in [0, 0.1) is 12.8 Å². The van der Waals surface area contributed by atoms with E-state index in [2.05, 4.69) is 33.7 Å². The first kappa shape index (κ1) is 16.0. The lowest BCUT2D eigenvalue weighted by atomic mass is 9.88. The molecular formula is C17H21N5O3. The number of nitrogens with one attached hydrogen (secondary N) is 1. The van der Waals surface area contributed by atoms with Crippen molar-refractivity contribution >= 4 is 5.82 Å². The maximum absolute atomic E-state index is 12.4. The Morgan fingerprint density at radius 1 is 1.40 bits per heavy atom. The first-order valence-electron chi connectivity index (χ1n) is 8.49. The van der Waals surface area contributed by atoms with Gasteiger partial charge in [-0.2, -0.15) is 0 Å². The van der Waals surface area contributed by atoms with E-state index in [4.69, 9.17) is 4.74 Å². The third kappa shape index (κ3) is 2.24. The maximum atomic E-state index is 12.4. The number of morpholine rings is 1. The largest absolute Gasteiger partial charge is 0.347 e. The average Bonchev–Trinajstić information content (AvgIpc) is 3.07. The zero-order chi connectivity index (χ0) is 17.8. The van der Waals surface area contributed by atoms with Crippen LogP contribution in [0.4, 0.5) is 5.82 Å². The highest BCUT2D eigenvalue weighted by Crippen LogP contribution is 2.52. The Hall–Kier alpha value is -2.48. The van der Waals surface area contributed by atoms with Gasteiger partial charge < -0.3 is 9.64 Å². The number of aromatic nitrogens is 4. The second-order valence-electron chi connectivity index (χ2n) is 6.88. The summed E-state index contributed by atoms with van der Waals surface area (Å²) < 4.78 is 7.87. The molecule has 2 aliphatic rings. The average molecular weight is 343 g/mol. The smallest absolute Gasteiger partial charge is 0.330 e. The lowest BCUT2D eigenvalue weighted by Gasteiger charge is -2.38. The van der Waals surface area contributed by atoms with Crippen molar-refractivity contribution in [3.8, 4) is 0 Å². The summed E-state index contributed by atoms with van der Waals surface area (Å²) in [6.45, 7) is 6.63. The standard InChI is InChI=1S/C17H21N5O3/c1-4-17-9-22(12-7-18-5-6-19-12)13(11(17)3)15(25-17)21-8-10(2)14(23)20-16(21)24/h5-8,11,13,15H,4,9H2,1-3H3,(H,20,23,24)/t11-,13+,15+,17-/m0/s1. The quantitative estimate of drug-likeness (QED) is 0.888. The second-order valence-corrected chi connectivity index (χ2v) is 6.88. The van der Waals surface area contributed by atoms with Gasteiger partial charge in [-0.15, -0.1) is 0 Å². The first-order chi connectivity index (χ1) is 12.0. The Kier molecular flexibility index (Phi) is 3.54. The molecule has 4 rings (SSSR count). The first-order valence-corrected chi connectivity index (χ1v) is 8.49. The lowest BCUT2D eigenvalue weighted by molar-refractivity contribution is -0.0951. The minimum Gasteiger partial charge on any atom is -0.347 e. The Labute approximate surface area is 144 Å². The van der Waals surface area contributed by atoms with Crippen molar-refractivity contribution in [1.82, 2.24) is 19.5 Å². The van der Waals surface area contributed by atoms with Gasteiger partial charge in [-0.3, -0.25) is 19.3 Å². The summed E-state index contributed by atoms with van der Waals surface area (Å²) in [5.41, 5.74) is -0.689. The zero-order valence-electron chi connectivity index (χ0n) is 14.5. The van der Waals surface area contributed by atoms with Gasteiger partial charge in [-0.25, -0.2) is 9.78 Å². The molecule has 0 amide bonds. The predicted octanol–water partition coefficient (Wildman–Crippen LogP) is 0.838. The molecule has 1 N–H and O–H groups in total. The molecule has 8 nitrogen and oxygen atoms in total. The molecule has 132 valence electrons. The van der Waals surface area contributed by atoms with E-state index in [-0.39, 0.29) is 23.1 Å². The van der Waals surface area contributed by atoms with Gasteiger partial charge in [0, 0.05) is 36.6 Å². The Morgan fingerprint density at radius 3 is 2.84 bits per heavy atom. The van der Waals surface area contributed by atoms with E-state index in [0.29, 0.717) is 12.1 Å². The van der Waals surface area contributed by atoms with Crippen LogP contribution < -0.4 is 16.1 Å². The van der Waals surface area contributed by atoms with E-state index in [1.165, 1.54) is 4.57 Å². The van der Waals surface area contributed by atoms with Crippen molar-refractivity contribution in [2.45, 2.75) is 45.1 Å². The maximum Gasteiger partial charge on any atom is 0.330 e. The summed E-state index contributed by atoms with van der Waals surface area (Å²) in [5, 5.41) is 0. The van der Waals surface area contributed by atoms with Crippen LogP contribution in [0.1, 0.15) is 32.1 Å². The second kappa shape index (κ2) is 5.52. The normalized spacial score (nSPS) is 30.8. The fraction of sp³-hybridized carbons (Fsp3) is 0.529. The molecule has 4 heterocycles. The highest BCUT2D eigenvalue weighted by molar-refractivity contribution is 5.43. The summed E-state index contributed by atoms with van der Waals surface area (Å²) in [6.07, 6.45) is 6.97. The van der Waals surface area contributed by atoms with E-state index in [0.717, 1.165) is 12.2 Å². The van der Waals surface area contributed by atoms with Crippen LogP contribution in [-0.2, 0) is 4.74 Å². The number of fused-ring (bicyclic) bond motifs is 2. The highest BCUT2D eigenvalue weighted by Gasteiger charge is 2.61. The summed E-state index contributed by atoms with van der Waals surface area (Å²) in [5.74, 6) is 0.987. The fourth-order valence-electron chi connectivity index (χ4n) is 4.16. The molecule has 0 spiro atoms. The summed E-state index contributed by atoms with van der Waals surface area (Å²) in [4.78, 5) is 37.2. The summed E-state index contributed by atoms with van der Waals surface area (Å²) in [6, 6.07) is -0.0559. The molecule has 0 saturated carbocycles.